The molecule has 0 heterocycles. The van der Waals surface area contributed by atoms with Gasteiger partial charge in [0.05, 0.1) is 0 Å². The first-order valence-corrected chi connectivity index (χ1v) is 10.1. The van der Waals surface area contributed by atoms with Crippen molar-refractivity contribution in [1.29, 1.82) is 0 Å². The zero-order valence-electron chi connectivity index (χ0n) is 15.6. The van der Waals surface area contributed by atoms with Gasteiger partial charge in [0.1, 0.15) is 0 Å². The zero-order chi connectivity index (χ0) is 17.1. The third kappa shape index (κ3) is 1.92. The van der Waals surface area contributed by atoms with Gasteiger partial charge >= 0.3 is 0 Å². The molecule has 4 fully saturated rings. The molecule has 0 aromatic heterocycles. The second-order valence-electron chi connectivity index (χ2n) is 9.35. The number of hydrogen-bond donors (Lipinski definition) is 0. The number of fused-ring (bicyclic) bond motifs is 5. The summed E-state index contributed by atoms with van der Waals surface area (Å²) in [4.78, 5) is 0. The lowest BCUT2D eigenvalue weighted by Gasteiger charge is -2.61. The van der Waals surface area contributed by atoms with Gasteiger partial charge in [-0.05, 0) is 93.8 Å². The normalized spacial score (nSPS) is 47.5. The van der Waals surface area contributed by atoms with E-state index in [2.05, 4.69) is 39.3 Å². The van der Waals surface area contributed by atoms with Crippen LogP contribution >= 0.6 is 0 Å². The van der Waals surface area contributed by atoms with Crippen molar-refractivity contribution in [3.8, 4) is 0 Å². The van der Waals surface area contributed by atoms with Crippen LogP contribution in [0.5, 0.6) is 0 Å². The fourth-order valence-electron chi connectivity index (χ4n) is 7.71. The van der Waals surface area contributed by atoms with Crippen LogP contribution in [0.25, 0.3) is 0 Å². The van der Waals surface area contributed by atoms with Crippen molar-refractivity contribution in [2.24, 2.45) is 34.5 Å². The van der Waals surface area contributed by atoms with Gasteiger partial charge in [0.15, 0.2) is 0 Å². The molecule has 130 valence electrons. The maximum Gasteiger partial charge on any atom is 0.0117 e. The number of hydrogen-bond acceptors (Lipinski definition) is 0. The lowest BCUT2D eigenvalue weighted by atomic mass is 9.43. The van der Waals surface area contributed by atoms with Crippen LogP contribution in [0, 0.1) is 34.5 Å². The van der Waals surface area contributed by atoms with Gasteiger partial charge in [-0.25, -0.2) is 0 Å². The molecule has 6 atom stereocenters. The molecule has 0 heteroatoms. The van der Waals surface area contributed by atoms with E-state index in [0.717, 1.165) is 23.7 Å². The quantitative estimate of drug-likeness (QED) is 0.487. The van der Waals surface area contributed by atoms with E-state index in [-0.39, 0.29) is 5.41 Å². The summed E-state index contributed by atoms with van der Waals surface area (Å²) in [7, 11) is 0. The predicted molar refractivity (Wildman–Crippen MR) is 104 cm³/mol. The highest BCUT2D eigenvalue weighted by Crippen LogP contribution is 2.69. The van der Waals surface area contributed by atoms with Gasteiger partial charge in [0, 0.05) is 5.41 Å². The Kier molecular flexibility index (Phi) is 3.75. The Bertz CT molecular complexity index is 608. The third-order valence-corrected chi connectivity index (χ3v) is 8.80. The molecule has 0 aromatic carbocycles. The van der Waals surface area contributed by atoms with E-state index < -0.39 is 0 Å². The van der Waals surface area contributed by atoms with E-state index in [4.69, 9.17) is 0 Å². The number of allylic oxidation sites excluding steroid dienone is 4. The minimum atomic E-state index is 0.253. The summed E-state index contributed by atoms with van der Waals surface area (Å²) in [6.07, 6.45) is 14.0. The Labute approximate surface area is 148 Å². The van der Waals surface area contributed by atoms with Crippen molar-refractivity contribution < 1.29 is 0 Å². The summed E-state index contributed by atoms with van der Waals surface area (Å²) in [5, 5.41) is 0. The topological polar surface area (TPSA) is 0 Å². The summed E-state index contributed by atoms with van der Waals surface area (Å²) in [6.45, 7) is 19.9. The van der Waals surface area contributed by atoms with Crippen LogP contribution in [0.15, 0.2) is 49.1 Å². The van der Waals surface area contributed by atoms with Crippen LogP contribution in [0.1, 0.15) is 64.7 Å². The van der Waals surface area contributed by atoms with Crippen molar-refractivity contribution in [2.45, 2.75) is 64.7 Å². The second kappa shape index (κ2) is 5.48. The van der Waals surface area contributed by atoms with E-state index >= 15 is 0 Å². The highest BCUT2D eigenvalue weighted by molar-refractivity contribution is 5.30. The molecule has 0 aliphatic heterocycles. The fraction of sp³-hybridized carbons (Fsp3) is 0.667. The molecular formula is C24H34. The average molecular weight is 323 g/mol. The molecule has 4 saturated carbocycles. The van der Waals surface area contributed by atoms with Crippen LogP contribution in [-0.2, 0) is 0 Å². The molecule has 4 aliphatic rings. The van der Waals surface area contributed by atoms with Crippen molar-refractivity contribution >= 4 is 0 Å². The maximum absolute atomic E-state index is 4.54. The summed E-state index contributed by atoms with van der Waals surface area (Å²) >= 11 is 0. The summed E-state index contributed by atoms with van der Waals surface area (Å²) in [5.74, 6) is 3.29. The molecular weight excluding hydrogens is 288 g/mol. The second-order valence-corrected chi connectivity index (χ2v) is 9.35. The first-order valence-electron chi connectivity index (χ1n) is 10.1. The standard InChI is InChI=1S/C24H34/c1-6-23-13-12-22-20(21(23)10-7-18(23)5)9-8-19-15-17(4)11-14-24(19,22)16(2)3/h6,19-22H,1-2,4-5,7-15H2,3H3. The van der Waals surface area contributed by atoms with Crippen LogP contribution < -0.4 is 0 Å². The predicted octanol–water partition coefficient (Wildman–Crippen LogP) is 6.86. The Balaban J connectivity index is 1.74. The van der Waals surface area contributed by atoms with Crippen LogP contribution in [-0.4, -0.2) is 0 Å². The average Bonchev–Trinajstić information content (AvgIpc) is 2.91. The van der Waals surface area contributed by atoms with Gasteiger partial charge in [-0.1, -0.05) is 42.5 Å². The van der Waals surface area contributed by atoms with Gasteiger partial charge in [-0.15, -0.1) is 6.58 Å². The third-order valence-electron chi connectivity index (χ3n) is 8.80. The lowest BCUT2D eigenvalue weighted by molar-refractivity contribution is -0.0737. The first kappa shape index (κ1) is 16.4. The molecule has 6 unspecified atom stereocenters. The molecule has 0 N–H and O–H groups in total. The maximum atomic E-state index is 4.54. The monoisotopic (exact) mass is 322 g/mol. The van der Waals surface area contributed by atoms with E-state index in [1.54, 1.807) is 0 Å². The van der Waals surface area contributed by atoms with E-state index in [0.29, 0.717) is 5.41 Å². The van der Waals surface area contributed by atoms with Crippen molar-refractivity contribution in [2.75, 3.05) is 0 Å². The van der Waals surface area contributed by atoms with E-state index in [9.17, 15) is 0 Å². The van der Waals surface area contributed by atoms with Crippen molar-refractivity contribution in [3.63, 3.8) is 0 Å². The molecule has 0 radical (unpaired) electrons. The lowest BCUT2D eigenvalue weighted by Crippen LogP contribution is -2.54. The summed E-state index contributed by atoms with van der Waals surface area (Å²) < 4.78 is 0. The van der Waals surface area contributed by atoms with Gasteiger partial charge in [-0.2, -0.15) is 0 Å². The first-order chi connectivity index (χ1) is 11.5. The molecule has 0 aromatic rings. The van der Waals surface area contributed by atoms with Crippen molar-refractivity contribution in [1.82, 2.24) is 0 Å². The summed E-state index contributed by atoms with van der Waals surface area (Å²) in [6, 6.07) is 0. The minimum absolute atomic E-state index is 0.253. The Morgan fingerprint density at radius 1 is 1.04 bits per heavy atom. The van der Waals surface area contributed by atoms with E-state index in [1.165, 1.54) is 74.5 Å². The smallest absolute Gasteiger partial charge is 0.0117 e. The largest absolute Gasteiger partial charge is 0.102 e. The molecule has 0 bridgehead atoms. The van der Waals surface area contributed by atoms with Gasteiger partial charge in [0.25, 0.3) is 0 Å². The van der Waals surface area contributed by atoms with E-state index in [1.807, 2.05) is 0 Å². The molecule has 4 rings (SSSR count). The number of rotatable bonds is 2. The van der Waals surface area contributed by atoms with Crippen LogP contribution in [0.2, 0.25) is 0 Å². The fourth-order valence-corrected chi connectivity index (χ4v) is 7.71. The molecule has 0 amide bonds. The van der Waals surface area contributed by atoms with Crippen LogP contribution in [0.4, 0.5) is 0 Å². The van der Waals surface area contributed by atoms with Gasteiger partial charge in [-0.3, -0.25) is 0 Å². The highest BCUT2D eigenvalue weighted by Gasteiger charge is 2.60. The molecule has 4 aliphatic carbocycles. The van der Waals surface area contributed by atoms with Crippen molar-refractivity contribution in [3.05, 3.63) is 49.1 Å². The van der Waals surface area contributed by atoms with Gasteiger partial charge in [0.2, 0.25) is 0 Å². The SMILES string of the molecule is C=CC12CCC3C(CCC4CC(=C)CCC43C(=C)C)C1CCC2=C. The summed E-state index contributed by atoms with van der Waals surface area (Å²) in [5.41, 5.74) is 5.08. The minimum Gasteiger partial charge on any atom is -0.102 e. The van der Waals surface area contributed by atoms with Gasteiger partial charge < -0.3 is 0 Å². The highest BCUT2D eigenvalue weighted by atomic mass is 14.6. The zero-order valence-corrected chi connectivity index (χ0v) is 15.6. The Morgan fingerprint density at radius 3 is 2.54 bits per heavy atom. The molecule has 0 spiro atoms. The Hall–Kier alpha value is -1.04. The van der Waals surface area contributed by atoms with Crippen LogP contribution in [0.3, 0.4) is 0 Å². The molecule has 0 saturated heterocycles. The Morgan fingerprint density at radius 2 is 1.83 bits per heavy atom. The molecule has 24 heavy (non-hydrogen) atoms. The molecule has 0 nitrogen and oxygen atoms in total.